The molecule has 14 heavy (non-hydrogen) atoms. The van der Waals surface area contributed by atoms with Gasteiger partial charge < -0.3 is 4.55 Å². The molecule has 0 aliphatic heterocycles. The van der Waals surface area contributed by atoms with Crippen molar-refractivity contribution in [2.45, 2.75) is 13.5 Å². The molecule has 4 nitrogen and oxygen atoms in total. The second kappa shape index (κ2) is 5.85. The van der Waals surface area contributed by atoms with Gasteiger partial charge in [-0.25, -0.2) is 13.1 Å². The van der Waals surface area contributed by atoms with Crippen molar-refractivity contribution in [3.8, 4) is 0 Å². The minimum atomic E-state index is -4.34. The Morgan fingerprint density at radius 3 is 2.57 bits per heavy atom. The van der Waals surface area contributed by atoms with Gasteiger partial charge in [-0.1, -0.05) is 29.8 Å². The Morgan fingerprint density at radius 1 is 1.43 bits per heavy atom. The zero-order valence-electron chi connectivity index (χ0n) is 8.15. The van der Waals surface area contributed by atoms with E-state index in [1.165, 1.54) is 0 Å². The van der Waals surface area contributed by atoms with Gasteiger partial charge in [0, 0.05) is 6.54 Å². The van der Waals surface area contributed by atoms with Crippen molar-refractivity contribution in [1.82, 2.24) is 4.72 Å². The van der Waals surface area contributed by atoms with Crippen LogP contribution in [0, 0.1) is 6.92 Å². The summed E-state index contributed by atoms with van der Waals surface area (Å²) in [5.41, 5.74) is 1.81. The molecule has 1 aromatic carbocycles. The third-order valence-corrected chi connectivity index (χ3v) is 2.03. The SMILES string of the molecule is Cc1cccc(CNS(=O)(=O)[O-])c1.[Na+]. The fourth-order valence-corrected chi connectivity index (χ4v) is 1.34. The van der Waals surface area contributed by atoms with Gasteiger partial charge in [-0.05, 0) is 12.5 Å². The van der Waals surface area contributed by atoms with Crippen LogP contribution in [0.3, 0.4) is 0 Å². The Morgan fingerprint density at radius 2 is 2.07 bits per heavy atom. The summed E-state index contributed by atoms with van der Waals surface area (Å²) in [5, 5.41) is 0. The zero-order chi connectivity index (χ0) is 9.90. The summed E-state index contributed by atoms with van der Waals surface area (Å²) in [6.45, 7) is 1.95. The summed E-state index contributed by atoms with van der Waals surface area (Å²) >= 11 is 0. The molecule has 0 unspecified atom stereocenters. The molecule has 1 aromatic rings. The van der Waals surface area contributed by atoms with E-state index in [1.54, 1.807) is 6.07 Å². The van der Waals surface area contributed by atoms with Crippen LogP contribution in [0.1, 0.15) is 11.1 Å². The molecule has 6 heteroatoms. The van der Waals surface area contributed by atoms with Crippen LogP contribution in [0.4, 0.5) is 0 Å². The topological polar surface area (TPSA) is 69.2 Å². The molecule has 0 bridgehead atoms. The second-order valence-corrected chi connectivity index (χ2v) is 3.96. The zero-order valence-corrected chi connectivity index (χ0v) is 11.0. The van der Waals surface area contributed by atoms with Gasteiger partial charge in [0.25, 0.3) is 0 Å². The van der Waals surface area contributed by atoms with Crippen molar-refractivity contribution in [3.63, 3.8) is 0 Å². The molecular weight excluding hydrogens is 213 g/mol. The number of nitrogens with one attached hydrogen (secondary N) is 1. The van der Waals surface area contributed by atoms with E-state index < -0.39 is 10.3 Å². The molecule has 1 rings (SSSR count). The number of rotatable bonds is 3. The van der Waals surface area contributed by atoms with Crippen molar-refractivity contribution in [2.75, 3.05) is 0 Å². The molecule has 1 N–H and O–H groups in total. The second-order valence-electron chi connectivity index (χ2n) is 2.76. The molecule has 0 saturated heterocycles. The summed E-state index contributed by atoms with van der Waals surface area (Å²) in [5.74, 6) is 0. The first-order valence-corrected chi connectivity index (χ1v) is 5.14. The van der Waals surface area contributed by atoms with E-state index in [0.717, 1.165) is 11.1 Å². The van der Waals surface area contributed by atoms with Crippen molar-refractivity contribution < 1.29 is 42.5 Å². The summed E-state index contributed by atoms with van der Waals surface area (Å²) in [7, 11) is -4.34. The van der Waals surface area contributed by atoms with Crippen LogP contribution in [-0.4, -0.2) is 13.0 Å². The summed E-state index contributed by atoms with van der Waals surface area (Å²) in [4.78, 5) is 0. The minimum Gasteiger partial charge on any atom is -0.735 e. The predicted molar refractivity (Wildman–Crippen MR) is 47.7 cm³/mol. The van der Waals surface area contributed by atoms with Crippen molar-refractivity contribution in [2.24, 2.45) is 0 Å². The van der Waals surface area contributed by atoms with E-state index in [0.29, 0.717) is 0 Å². The van der Waals surface area contributed by atoms with Gasteiger partial charge in [0.15, 0.2) is 10.3 Å². The summed E-state index contributed by atoms with van der Waals surface area (Å²) in [6, 6.07) is 7.28. The molecule has 0 heterocycles. The first kappa shape index (κ1) is 14.1. The van der Waals surface area contributed by atoms with E-state index in [1.807, 2.05) is 29.8 Å². The standard InChI is InChI=1S/C8H11NO3S.Na/c1-7-3-2-4-8(5-7)6-9-13(10,11)12;/h2-5,9H,6H2,1H3,(H,10,11,12);/q;+1/p-1. The molecule has 0 aromatic heterocycles. The Kier molecular flexibility index (Phi) is 5.88. The number of hydrogen-bond donors (Lipinski definition) is 1. The van der Waals surface area contributed by atoms with Crippen molar-refractivity contribution in [3.05, 3.63) is 35.4 Å². The van der Waals surface area contributed by atoms with E-state index in [4.69, 9.17) is 0 Å². The quantitative estimate of drug-likeness (QED) is 0.457. The van der Waals surface area contributed by atoms with E-state index in [9.17, 15) is 13.0 Å². The van der Waals surface area contributed by atoms with Gasteiger partial charge in [-0.3, -0.25) is 0 Å². The van der Waals surface area contributed by atoms with Gasteiger partial charge in [0.05, 0.1) is 0 Å². The van der Waals surface area contributed by atoms with Gasteiger partial charge in [-0.2, -0.15) is 0 Å². The van der Waals surface area contributed by atoms with Crippen LogP contribution in [0.25, 0.3) is 0 Å². The Balaban J connectivity index is 0.00000169. The Bertz CT molecular complexity index is 391. The fraction of sp³-hybridized carbons (Fsp3) is 0.250. The molecule has 0 amide bonds. The van der Waals surface area contributed by atoms with Gasteiger partial charge in [0.2, 0.25) is 0 Å². The van der Waals surface area contributed by atoms with Crippen LogP contribution in [0.5, 0.6) is 0 Å². The fourth-order valence-electron chi connectivity index (χ4n) is 0.994. The van der Waals surface area contributed by atoms with E-state index in [2.05, 4.69) is 0 Å². The molecule has 0 saturated carbocycles. The first-order chi connectivity index (χ1) is 5.97. The number of aryl methyl sites for hydroxylation is 1. The van der Waals surface area contributed by atoms with Gasteiger partial charge in [0.1, 0.15) is 0 Å². The third kappa shape index (κ3) is 5.74. The van der Waals surface area contributed by atoms with Crippen LogP contribution >= 0.6 is 0 Å². The molecule has 0 fully saturated rings. The van der Waals surface area contributed by atoms with Crippen LogP contribution in [0.2, 0.25) is 0 Å². The molecule has 0 atom stereocenters. The maximum atomic E-state index is 10.2. The van der Waals surface area contributed by atoms with E-state index in [-0.39, 0.29) is 36.1 Å². The van der Waals surface area contributed by atoms with Gasteiger partial charge in [-0.15, -0.1) is 0 Å². The minimum absolute atomic E-state index is 0. The van der Waals surface area contributed by atoms with Crippen LogP contribution < -0.4 is 34.3 Å². The van der Waals surface area contributed by atoms with E-state index >= 15 is 0 Å². The predicted octanol–water partition coefficient (Wildman–Crippen LogP) is -2.45. The molecule has 0 aliphatic carbocycles. The number of benzene rings is 1. The maximum Gasteiger partial charge on any atom is 1.00 e. The Hall–Kier alpha value is 0.0900. The molecule has 72 valence electrons. The largest absolute Gasteiger partial charge is 1.00 e. The summed E-state index contributed by atoms with van der Waals surface area (Å²) < 4.78 is 32.6. The number of hydrogen-bond acceptors (Lipinski definition) is 3. The average Bonchev–Trinajstić information content (AvgIpc) is 2.00. The van der Waals surface area contributed by atoms with Gasteiger partial charge >= 0.3 is 29.6 Å². The molecule has 0 spiro atoms. The Labute approximate surface area is 106 Å². The third-order valence-electron chi connectivity index (χ3n) is 1.54. The smallest absolute Gasteiger partial charge is 0.735 e. The molecule has 0 radical (unpaired) electrons. The normalized spacial score (nSPS) is 10.7. The maximum absolute atomic E-state index is 10.2. The first-order valence-electron chi connectivity index (χ1n) is 3.73. The molecular formula is C8H10NNaO3S. The van der Waals surface area contributed by atoms with Crippen LogP contribution in [-0.2, 0) is 16.8 Å². The van der Waals surface area contributed by atoms with Crippen LogP contribution in [0.15, 0.2) is 24.3 Å². The summed E-state index contributed by atoms with van der Waals surface area (Å²) in [6.07, 6.45) is 0. The van der Waals surface area contributed by atoms with Crippen molar-refractivity contribution in [1.29, 1.82) is 0 Å². The monoisotopic (exact) mass is 223 g/mol. The average molecular weight is 223 g/mol. The molecule has 0 aliphatic rings. The van der Waals surface area contributed by atoms with Crippen molar-refractivity contribution >= 4 is 10.3 Å².